The summed E-state index contributed by atoms with van der Waals surface area (Å²) >= 11 is 0. The van der Waals surface area contributed by atoms with Crippen LogP contribution in [0.1, 0.15) is 6.92 Å². The highest BCUT2D eigenvalue weighted by atomic mass is 19.1. The van der Waals surface area contributed by atoms with Crippen LogP contribution in [0.3, 0.4) is 0 Å². The maximum atomic E-state index is 13.0. The van der Waals surface area contributed by atoms with Crippen LogP contribution < -0.4 is 10.2 Å². The molecule has 1 aliphatic rings. The maximum absolute atomic E-state index is 13.0. The molecule has 1 aromatic rings. The Hall–Kier alpha value is -1.17. The zero-order valence-electron chi connectivity index (χ0n) is 13.0. The molecular weight excluding hydrogens is 269 g/mol. The number of methoxy groups -OCH3 is 1. The Morgan fingerprint density at radius 2 is 1.86 bits per heavy atom. The van der Waals surface area contributed by atoms with Gasteiger partial charge in [0.15, 0.2) is 0 Å². The quantitative estimate of drug-likeness (QED) is 0.773. The molecule has 0 spiro atoms. The summed E-state index contributed by atoms with van der Waals surface area (Å²) in [5.41, 5.74) is 1.11. The summed E-state index contributed by atoms with van der Waals surface area (Å²) in [6.45, 7) is 8.98. The van der Waals surface area contributed by atoms with E-state index in [1.807, 2.05) is 12.1 Å². The average Bonchev–Trinajstić information content (AvgIpc) is 2.52. The van der Waals surface area contributed by atoms with Crippen LogP contribution >= 0.6 is 0 Å². The van der Waals surface area contributed by atoms with E-state index in [4.69, 9.17) is 4.74 Å². The van der Waals surface area contributed by atoms with Crippen molar-refractivity contribution in [1.29, 1.82) is 0 Å². The Kier molecular flexibility index (Phi) is 6.42. The van der Waals surface area contributed by atoms with Crippen LogP contribution in [0.25, 0.3) is 0 Å². The molecule has 1 aromatic carbocycles. The number of nitrogens with zero attached hydrogens (tertiary/aromatic N) is 2. The van der Waals surface area contributed by atoms with Crippen molar-refractivity contribution in [3.63, 3.8) is 0 Å². The minimum atomic E-state index is -0.173. The molecule has 5 heteroatoms. The lowest BCUT2D eigenvalue weighted by Gasteiger charge is -2.39. The average molecular weight is 295 g/mol. The van der Waals surface area contributed by atoms with E-state index in [-0.39, 0.29) is 5.82 Å². The monoisotopic (exact) mass is 295 g/mol. The second kappa shape index (κ2) is 8.32. The number of rotatable bonds is 7. The van der Waals surface area contributed by atoms with Crippen LogP contribution in [0.15, 0.2) is 24.3 Å². The van der Waals surface area contributed by atoms with E-state index >= 15 is 0 Å². The molecule has 0 aliphatic carbocycles. The maximum Gasteiger partial charge on any atom is 0.123 e. The summed E-state index contributed by atoms with van der Waals surface area (Å²) < 4.78 is 18.0. The summed E-state index contributed by atoms with van der Waals surface area (Å²) in [4.78, 5) is 4.82. The number of hydrogen-bond donors (Lipinski definition) is 1. The van der Waals surface area contributed by atoms with Gasteiger partial charge in [-0.3, -0.25) is 4.90 Å². The second-order valence-electron chi connectivity index (χ2n) is 5.55. The van der Waals surface area contributed by atoms with Gasteiger partial charge >= 0.3 is 0 Å². The van der Waals surface area contributed by atoms with Gasteiger partial charge in [0.2, 0.25) is 0 Å². The van der Waals surface area contributed by atoms with E-state index in [2.05, 4.69) is 22.0 Å². The Balaban J connectivity index is 1.73. The predicted molar refractivity (Wildman–Crippen MR) is 84.4 cm³/mol. The van der Waals surface area contributed by atoms with Gasteiger partial charge in [-0.15, -0.1) is 0 Å². The zero-order valence-corrected chi connectivity index (χ0v) is 13.0. The Labute approximate surface area is 126 Å². The van der Waals surface area contributed by atoms with Gasteiger partial charge in [-0.05, 0) is 31.2 Å². The van der Waals surface area contributed by atoms with E-state index in [1.165, 1.54) is 12.1 Å². The van der Waals surface area contributed by atoms with Crippen molar-refractivity contribution >= 4 is 5.69 Å². The number of ether oxygens (including phenoxy) is 1. The summed E-state index contributed by atoms with van der Waals surface area (Å²) in [5, 5.41) is 3.41. The third-order valence-electron chi connectivity index (χ3n) is 4.05. The molecule has 0 radical (unpaired) electrons. The molecule has 0 amide bonds. The van der Waals surface area contributed by atoms with Gasteiger partial charge in [-0.25, -0.2) is 4.39 Å². The van der Waals surface area contributed by atoms with Crippen LogP contribution in [0.2, 0.25) is 0 Å². The van der Waals surface area contributed by atoms with Crippen LogP contribution in [-0.4, -0.2) is 63.9 Å². The first-order valence-corrected chi connectivity index (χ1v) is 7.65. The Morgan fingerprint density at radius 3 is 2.48 bits per heavy atom. The van der Waals surface area contributed by atoms with Gasteiger partial charge in [0, 0.05) is 58.1 Å². The molecule has 0 saturated carbocycles. The fourth-order valence-electron chi connectivity index (χ4n) is 2.69. The summed E-state index contributed by atoms with van der Waals surface area (Å²) in [6.07, 6.45) is 0. The highest BCUT2D eigenvalue weighted by Gasteiger charge is 2.20. The molecule has 1 fully saturated rings. The van der Waals surface area contributed by atoms with Crippen LogP contribution in [0.4, 0.5) is 10.1 Å². The lowest BCUT2D eigenvalue weighted by atomic mass is 10.2. The van der Waals surface area contributed by atoms with E-state index in [0.29, 0.717) is 6.04 Å². The highest BCUT2D eigenvalue weighted by molar-refractivity contribution is 5.46. The first-order valence-electron chi connectivity index (χ1n) is 7.65. The van der Waals surface area contributed by atoms with Crippen LogP contribution in [0.5, 0.6) is 0 Å². The molecule has 1 saturated heterocycles. The molecule has 1 unspecified atom stereocenters. The topological polar surface area (TPSA) is 27.7 Å². The van der Waals surface area contributed by atoms with Gasteiger partial charge < -0.3 is 15.0 Å². The normalized spacial score (nSPS) is 18.0. The molecule has 0 bridgehead atoms. The van der Waals surface area contributed by atoms with E-state index < -0.39 is 0 Å². The number of halogens is 1. The summed E-state index contributed by atoms with van der Waals surface area (Å²) in [7, 11) is 1.72. The number of benzene rings is 1. The van der Waals surface area contributed by atoms with Gasteiger partial charge in [0.25, 0.3) is 0 Å². The Morgan fingerprint density at radius 1 is 1.19 bits per heavy atom. The SMILES string of the molecule is COCCNCC(C)N1CCN(c2ccc(F)cc2)CC1. The van der Waals surface area contributed by atoms with E-state index in [1.54, 1.807) is 7.11 Å². The predicted octanol–water partition coefficient (Wildman–Crippen LogP) is 1.57. The molecule has 1 N–H and O–H groups in total. The van der Waals surface area contributed by atoms with Gasteiger partial charge in [0.05, 0.1) is 6.61 Å². The van der Waals surface area contributed by atoms with Crippen molar-refractivity contribution in [2.75, 3.05) is 57.9 Å². The number of piperazine rings is 1. The molecule has 2 rings (SSSR count). The van der Waals surface area contributed by atoms with Crippen molar-refractivity contribution in [1.82, 2.24) is 10.2 Å². The third kappa shape index (κ3) is 4.95. The standard InChI is InChI=1S/C16H26FN3O/c1-14(13-18-7-12-21-2)19-8-10-20(11-9-19)16-5-3-15(17)4-6-16/h3-6,14,18H,7-13H2,1-2H3. The minimum absolute atomic E-state index is 0.173. The second-order valence-corrected chi connectivity index (χ2v) is 5.55. The molecule has 21 heavy (non-hydrogen) atoms. The van der Waals surface area contributed by atoms with Gasteiger partial charge in [0.1, 0.15) is 5.82 Å². The molecule has 118 valence electrons. The summed E-state index contributed by atoms with van der Waals surface area (Å²) in [6, 6.07) is 7.31. The van der Waals surface area contributed by atoms with Crippen molar-refractivity contribution in [2.24, 2.45) is 0 Å². The Bertz CT molecular complexity index is 404. The molecule has 1 heterocycles. The number of anilines is 1. The zero-order chi connectivity index (χ0) is 15.1. The fourth-order valence-corrected chi connectivity index (χ4v) is 2.69. The highest BCUT2D eigenvalue weighted by Crippen LogP contribution is 2.17. The first kappa shape index (κ1) is 16.2. The largest absolute Gasteiger partial charge is 0.383 e. The molecule has 4 nitrogen and oxygen atoms in total. The van der Waals surface area contributed by atoms with E-state index in [9.17, 15) is 4.39 Å². The van der Waals surface area contributed by atoms with Crippen molar-refractivity contribution in [3.05, 3.63) is 30.1 Å². The smallest absolute Gasteiger partial charge is 0.123 e. The third-order valence-corrected chi connectivity index (χ3v) is 4.05. The lowest BCUT2D eigenvalue weighted by molar-refractivity contribution is 0.177. The molecule has 0 aromatic heterocycles. The molecule has 1 aliphatic heterocycles. The van der Waals surface area contributed by atoms with Crippen molar-refractivity contribution in [3.8, 4) is 0 Å². The number of nitrogens with one attached hydrogen (secondary N) is 1. The van der Waals surface area contributed by atoms with Gasteiger partial charge in [-0.1, -0.05) is 0 Å². The number of hydrogen-bond acceptors (Lipinski definition) is 4. The van der Waals surface area contributed by atoms with E-state index in [0.717, 1.165) is 51.6 Å². The summed E-state index contributed by atoms with van der Waals surface area (Å²) in [5.74, 6) is -0.173. The van der Waals surface area contributed by atoms with Crippen molar-refractivity contribution < 1.29 is 9.13 Å². The fraction of sp³-hybridized carbons (Fsp3) is 0.625. The minimum Gasteiger partial charge on any atom is -0.383 e. The lowest BCUT2D eigenvalue weighted by Crippen LogP contribution is -2.52. The van der Waals surface area contributed by atoms with Crippen LogP contribution in [-0.2, 0) is 4.74 Å². The molecule has 1 atom stereocenters. The van der Waals surface area contributed by atoms with Gasteiger partial charge in [-0.2, -0.15) is 0 Å². The first-order chi connectivity index (χ1) is 10.2. The van der Waals surface area contributed by atoms with Crippen molar-refractivity contribution in [2.45, 2.75) is 13.0 Å². The van der Waals surface area contributed by atoms with Crippen LogP contribution in [0, 0.1) is 5.82 Å². The molecular formula is C16H26FN3O.